The highest BCUT2D eigenvalue weighted by Crippen LogP contribution is 2.37. The van der Waals surface area contributed by atoms with E-state index >= 15 is 0 Å². The van der Waals surface area contributed by atoms with E-state index in [1.54, 1.807) is 21.1 Å². The summed E-state index contributed by atoms with van der Waals surface area (Å²) in [6.07, 6.45) is 11.6. The molecule has 2 N–H and O–H groups in total. The van der Waals surface area contributed by atoms with Crippen molar-refractivity contribution >= 4 is 46.1 Å². The fraction of sp³-hybridized carbons (Fsp3) is 0.354. The van der Waals surface area contributed by atoms with Crippen LogP contribution >= 0.6 is 0 Å². The van der Waals surface area contributed by atoms with E-state index in [0.29, 0.717) is 61.7 Å². The van der Waals surface area contributed by atoms with Crippen molar-refractivity contribution < 1.29 is 23.6 Å². The second-order valence-electron chi connectivity index (χ2n) is 17.2. The Balaban J connectivity index is 1.12. The van der Waals surface area contributed by atoms with E-state index in [1.165, 1.54) is 0 Å². The lowest BCUT2D eigenvalue weighted by atomic mass is 10.0. The van der Waals surface area contributed by atoms with Gasteiger partial charge in [0.05, 0.1) is 70.2 Å². The quantitative estimate of drug-likeness (QED) is 0.182. The van der Waals surface area contributed by atoms with Gasteiger partial charge in [0.25, 0.3) is 0 Å². The molecule has 2 aliphatic rings. The number of hydrogen-bond donors (Lipinski definition) is 2. The molecule has 2 atom stereocenters. The van der Waals surface area contributed by atoms with Crippen LogP contribution in [-0.4, -0.2) is 97.3 Å². The first-order valence-electron chi connectivity index (χ1n) is 22.3. The first-order chi connectivity index (χ1) is 32.0. The average Bonchev–Trinajstić information content (AvgIpc) is 4.15. The summed E-state index contributed by atoms with van der Waals surface area (Å²) in [6, 6.07) is 14.9. The number of nitrogens with zero attached hydrogens (tertiary/aromatic N) is 12. The van der Waals surface area contributed by atoms with E-state index < -0.39 is 6.10 Å². The van der Waals surface area contributed by atoms with E-state index in [-0.39, 0.29) is 24.4 Å². The Labute approximate surface area is 381 Å². The Morgan fingerprint density at radius 3 is 2.33 bits per heavy atom. The number of H-pyrrole nitrogens is 2. The van der Waals surface area contributed by atoms with E-state index in [4.69, 9.17) is 24.0 Å². The third kappa shape index (κ3) is 7.64. The van der Waals surface area contributed by atoms with Gasteiger partial charge in [0.2, 0.25) is 35.8 Å². The second kappa shape index (κ2) is 17.0. The molecular formula is C48H53N14O4+. The number of ether oxygens (including phenoxy) is 4. The van der Waals surface area contributed by atoms with Gasteiger partial charge in [0.1, 0.15) is 17.7 Å². The van der Waals surface area contributed by atoms with E-state index in [2.05, 4.69) is 103 Å². The molecule has 0 amide bonds. The van der Waals surface area contributed by atoms with Gasteiger partial charge in [-0.25, -0.2) is 14.0 Å². The maximum absolute atomic E-state index is 10.1. The number of rotatable bonds is 5. The molecule has 8 heterocycles. The summed E-state index contributed by atoms with van der Waals surface area (Å²) in [7, 11) is 7.55. The molecule has 4 bridgehead atoms. The van der Waals surface area contributed by atoms with Crippen LogP contribution in [0.15, 0.2) is 48.8 Å². The van der Waals surface area contributed by atoms with Crippen molar-refractivity contribution in [3.63, 3.8) is 0 Å². The van der Waals surface area contributed by atoms with Crippen LogP contribution in [0.2, 0.25) is 0 Å². The number of benzene rings is 2. The molecule has 6 aromatic heterocycles. The Morgan fingerprint density at radius 2 is 1.59 bits per heavy atom. The van der Waals surface area contributed by atoms with Crippen molar-refractivity contribution in [3.05, 3.63) is 82.7 Å². The van der Waals surface area contributed by atoms with E-state index in [0.717, 1.165) is 66.7 Å². The maximum atomic E-state index is 10.1. The molecule has 18 heteroatoms. The van der Waals surface area contributed by atoms with Gasteiger partial charge >= 0.3 is 0 Å². The Hall–Kier alpha value is -7.65. The Kier molecular flexibility index (Phi) is 10.9. The third-order valence-corrected chi connectivity index (χ3v) is 12.5. The van der Waals surface area contributed by atoms with Gasteiger partial charge in [-0.05, 0) is 81.3 Å². The lowest BCUT2D eigenvalue weighted by molar-refractivity contribution is -0.754. The standard InChI is InChI=1S/C48H52N14O4/c1-9-63-45-34-13-17-43-36-21-31(37-23-50-58(6)47(37)65-29(4)25-61(28(2)3)27-44(34)57(5)56-45)11-15-41(36)55-62(43)26-32-18-19-64-46-33(42(22-49)54-60(46)8)12-16-40-35-20-30(10-14-39(35)52-53-40)38-24-51-59(7)48(38)66-32/h10-17,20-21,23-24,28-29,32H,9,18-19,25-27H2,1-8H3,(H,52,53)/p+1/b16-12+,17-13+/t29-,32+/m0/s1. The van der Waals surface area contributed by atoms with Gasteiger partial charge in [-0.3, -0.25) is 14.7 Å². The predicted octanol–water partition coefficient (Wildman–Crippen LogP) is 6.43. The molecule has 0 spiro atoms. The van der Waals surface area contributed by atoms with Gasteiger partial charge in [0, 0.05) is 65.2 Å². The Morgan fingerprint density at radius 1 is 0.864 bits per heavy atom. The van der Waals surface area contributed by atoms with Crippen molar-refractivity contribution in [2.24, 2.45) is 28.2 Å². The fourth-order valence-electron chi connectivity index (χ4n) is 9.00. The summed E-state index contributed by atoms with van der Waals surface area (Å²) in [4.78, 5) is 2.40. The van der Waals surface area contributed by atoms with E-state index in [9.17, 15) is 5.26 Å². The minimum atomic E-state index is -0.453. The molecule has 338 valence electrons. The highest BCUT2D eigenvalue weighted by atomic mass is 16.5. The smallest absolute Gasteiger partial charge is 0.240 e. The van der Waals surface area contributed by atoms with Crippen molar-refractivity contribution in [1.82, 2.24) is 59.3 Å². The molecule has 0 saturated carbocycles. The summed E-state index contributed by atoms with van der Waals surface area (Å²) in [5, 5.41) is 42.1. The summed E-state index contributed by atoms with van der Waals surface area (Å²) < 4.78 is 35.8. The van der Waals surface area contributed by atoms with Crippen molar-refractivity contribution in [1.29, 1.82) is 5.26 Å². The van der Waals surface area contributed by atoms with E-state index in [1.807, 2.05) is 69.4 Å². The lowest BCUT2D eigenvalue weighted by Crippen LogP contribution is -2.46. The molecule has 0 radical (unpaired) electrons. The highest BCUT2D eigenvalue weighted by Gasteiger charge is 2.30. The average molecular weight is 890 g/mol. The fourth-order valence-corrected chi connectivity index (χ4v) is 9.00. The monoisotopic (exact) mass is 889 g/mol. The molecular weight excluding hydrogens is 837 g/mol. The van der Waals surface area contributed by atoms with Gasteiger partial charge in [-0.15, -0.1) is 9.78 Å². The number of nitrogens with one attached hydrogen (secondary N) is 2. The normalized spacial score (nSPS) is 17.6. The van der Waals surface area contributed by atoms with Crippen LogP contribution in [0, 0.1) is 11.3 Å². The molecule has 2 aliphatic heterocycles. The lowest BCUT2D eigenvalue weighted by Gasteiger charge is -2.30. The first kappa shape index (κ1) is 42.3. The number of fused-ring (bicyclic) bond motifs is 8. The van der Waals surface area contributed by atoms with Crippen molar-refractivity contribution in [3.8, 4) is 51.8 Å². The summed E-state index contributed by atoms with van der Waals surface area (Å²) in [6.45, 7) is 10.9. The van der Waals surface area contributed by atoms with Crippen LogP contribution in [0.4, 0.5) is 0 Å². The number of aromatic amines is 2. The van der Waals surface area contributed by atoms with Crippen LogP contribution in [0.5, 0.6) is 23.5 Å². The molecule has 0 fully saturated rings. The van der Waals surface area contributed by atoms with Gasteiger partial charge in [-0.1, -0.05) is 12.1 Å². The minimum Gasteiger partial charge on any atom is -0.477 e. The summed E-state index contributed by atoms with van der Waals surface area (Å²) >= 11 is 0. The zero-order valence-electron chi connectivity index (χ0n) is 38.4. The van der Waals surface area contributed by atoms with Crippen LogP contribution in [0.1, 0.15) is 68.0 Å². The molecule has 2 aromatic carbocycles. The van der Waals surface area contributed by atoms with Crippen LogP contribution in [0.3, 0.4) is 0 Å². The maximum Gasteiger partial charge on any atom is 0.240 e. The van der Waals surface area contributed by atoms with Gasteiger partial charge in [0.15, 0.2) is 11.8 Å². The van der Waals surface area contributed by atoms with Gasteiger partial charge in [-0.2, -0.15) is 30.8 Å². The second-order valence-corrected chi connectivity index (χ2v) is 17.2. The molecule has 0 aliphatic carbocycles. The molecule has 8 aromatic rings. The van der Waals surface area contributed by atoms with Crippen molar-refractivity contribution in [2.75, 3.05) is 19.8 Å². The third-order valence-electron chi connectivity index (χ3n) is 12.5. The summed E-state index contributed by atoms with van der Waals surface area (Å²) in [5.74, 6) is 2.36. The number of aromatic nitrogens is 12. The summed E-state index contributed by atoms with van der Waals surface area (Å²) in [5.41, 5.74) is 9.84. The molecule has 18 nitrogen and oxygen atoms in total. The molecule has 0 saturated heterocycles. The number of nitriles is 1. The molecule has 0 unspecified atom stereocenters. The van der Waals surface area contributed by atoms with Crippen LogP contribution in [-0.2, 0) is 41.3 Å². The van der Waals surface area contributed by atoms with Gasteiger partial charge < -0.3 is 18.9 Å². The number of hydrogen-bond acceptors (Lipinski definition) is 11. The zero-order chi connectivity index (χ0) is 45.8. The molecule has 66 heavy (non-hydrogen) atoms. The highest BCUT2D eigenvalue weighted by molar-refractivity contribution is 5.94. The van der Waals surface area contributed by atoms with Crippen LogP contribution in [0.25, 0.3) is 68.4 Å². The largest absolute Gasteiger partial charge is 0.477 e. The van der Waals surface area contributed by atoms with Crippen LogP contribution < -0.4 is 23.6 Å². The van der Waals surface area contributed by atoms with Crippen molar-refractivity contribution in [2.45, 2.75) is 65.5 Å². The molecule has 10 rings (SSSR count). The minimum absolute atomic E-state index is 0.146. The zero-order valence-corrected chi connectivity index (χ0v) is 38.4. The predicted molar refractivity (Wildman–Crippen MR) is 249 cm³/mol. The topological polar surface area (TPSA) is 184 Å². The SMILES string of the molecule is CCOc1nn(C)c2c1/C=C/c1c3cc(ccc3[nH][n+]1C[C@H]1CCOc3c(c(C#N)nn3C)/C=C/c3[nH]nc4ccc(cc34)-c3cnn(C)c3O1)-c1cnn(C)c1O[C@@H](C)CN(C(C)C)C2. The Bertz CT molecular complexity index is 3220. The number of aryl methyl sites for hydroxylation is 4. The first-order valence-corrected chi connectivity index (χ1v) is 22.3.